The number of carbonyl (C=O) groups is 1. The number of carbonyl (C=O) groups excluding carboxylic acids is 1. The topological polar surface area (TPSA) is 107 Å². The number of fused-ring (bicyclic) bond motifs is 1. The molecular formula is C23H25N7O2. The molecule has 0 radical (unpaired) electrons. The van der Waals surface area contributed by atoms with Crippen LogP contribution in [-0.2, 0) is 9.53 Å². The van der Waals surface area contributed by atoms with Gasteiger partial charge in [-0.05, 0) is 24.8 Å². The molecule has 0 unspecified atom stereocenters. The first-order valence-corrected chi connectivity index (χ1v) is 10.5. The van der Waals surface area contributed by atoms with E-state index >= 15 is 0 Å². The second kappa shape index (κ2) is 8.20. The maximum atomic E-state index is 12.4. The zero-order valence-electron chi connectivity index (χ0n) is 20.8. The largest absolute Gasteiger partial charge is 0.384 e. The lowest BCUT2D eigenvalue weighted by Crippen LogP contribution is -2.16. The molecule has 3 aromatic rings. The predicted octanol–water partition coefficient (Wildman–Crippen LogP) is 2.46. The lowest BCUT2D eigenvalue weighted by molar-refractivity contribution is -0.117. The van der Waals surface area contributed by atoms with Gasteiger partial charge in [0, 0.05) is 47.8 Å². The third-order valence-corrected chi connectivity index (χ3v) is 6.00. The molecule has 0 bridgehead atoms. The Bertz CT molecular complexity index is 1340. The number of rotatable bonds is 6. The molecule has 2 aliphatic rings. The van der Waals surface area contributed by atoms with Gasteiger partial charge in [0.15, 0.2) is 11.6 Å². The van der Waals surface area contributed by atoms with E-state index in [0.29, 0.717) is 35.4 Å². The van der Waals surface area contributed by atoms with Crippen LogP contribution in [0.25, 0.3) is 10.9 Å². The van der Waals surface area contributed by atoms with Gasteiger partial charge in [0.2, 0.25) is 5.91 Å². The van der Waals surface area contributed by atoms with Crippen molar-refractivity contribution in [2.45, 2.75) is 25.8 Å². The highest BCUT2D eigenvalue weighted by molar-refractivity contribution is 5.97. The minimum atomic E-state index is -2.46. The standard InChI is InChI=1S/C23H25N7O2/c1-13-6-17(13)23(31)27-20-8-18-15(10-25-22(24-2)21(18)29-28-20)5-4-14-9-26-30(11-14)19-7-16(19)12-32-3/h8-11,13,16-17,19H,6-7,12H2,1-3H3,(H,24,25)(H,27,28,31)/t13-,16+,17+,19-/m1/s1/i2D3. The molecule has 0 aliphatic heterocycles. The number of amides is 1. The van der Waals surface area contributed by atoms with Crippen LogP contribution in [0.1, 0.15) is 41.0 Å². The molecule has 3 aromatic heterocycles. The average Bonchev–Trinajstić information content (AvgIpc) is 3.68. The fourth-order valence-electron chi connectivity index (χ4n) is 3.86. The van der Waals surface area contributed by atoms with Crippen LogP contribution >= 0.6 is 0 Å². The van der Waals surface area contributed by atoms with Crippen molar-refractivity contribution in [1.82, 2.24) is 25.0 Å². The van der Waals surface area contributed by atoms with Crippen LogP contribution in [0.15, 0.2) is 24.7 Å². The van der Waals surface area contributed by atoms with Gasteiger partial charge < -0.3 is 15.4 Å². The third kappa shape index (κ3) is 4.01. The molecule has 1 amide bonds. The maximum Gasteiger partial charge on any atom is 0.228 e. The van der Waals surface area contributed by atoms with Crippen molar-refractivity contribution in [3.8, 4) is 11.8 Å². The Morgan fingerprint density at radius 2 is 2.22 bits per heavy atom. The summed E-state index contributed by atoms with van der Waals surface area (Å²) >= 11 is 0. The zero-order chi connectivity index (χ0) is 24.7. The molecule has 3 heterocycles. The van der Waals surface area contributed by atoms with E-state index in [4.69, 9.17) is 8.85 Å². The number of hydrogen-bond acceptors (Lipinski definition) is 7. The molecule has 32 heavy (non-hydrogen) atoms. The summed E-state index contributed by atoms with van der Waals surface area (Å²) in [5, 5.41) is 18.4. The SMILES string of the molecule is [2H]C([2H])([2H])Nc1ncc(C#Cc2cnn([C@@H]3C[C@H]3COC)c2)c2cc(NC(=O)[C@H]3C[C@H]3C)nnc12. The van der Waals surface area contributed by atoms with Crippen molar-refractivity contribution in [2.24, 2.45) is 17.8 Å². The number of nitrogens with one attached hydrogen (secondary N) is 2. The van der Waals surface area contributed by atoms with E-state index in [2.05, 4.69) is 42.8 Å². The first-order valence-electron chi connectivity index (χ1n) is 12.0. The summed E-state index contributed by atoms with van der Waals surface area (Å²) < 4.78 is 29.7. The first kappa shape index (κ1) is 17.1. The van der Waals surface area contributed by atoms with Crippen molar-refractivity contribution in [3.63, 3.8) is 0 Å². The van der Waals surface area contributed by atoms with Gasteiger partial charge in [0.25, 0.3) is 0 Å². The van der Waals surface area contributed by atoms with Gasteiger partial charge >= 0.3 is 0 Å². The van der Waals surface area contributed by atoms with Crippen LogP contribution in [-0.4, -0.2) is 51.6 Å². The number of hydrogen-bond donors (Lipinski definition) is 2. The lowest BCUT2D eigenvalue weighted by atomic mass is 10.1. The van der Waals surface area contributed by atoms with Crippen LogP contribution in [0.3, 0.4) is 0 Å². The van der Waals surface area contributed by atoms with Gasteiger partial charge in [-0.3, -0.25) is 9.48 Å². The molecule has 9 heteroatoms. The van der Waals surface area contributed by atoms with Gasteiger partial charge in [0.1, 0.15) is 5.52 Å². The number of pyridine rings is 1. The number of methoxy groups -OCH3 is 1. The average molecular weight is 435 g/mol. The Hall–Kier alpha value is -3.51. The van der Waals surface area contributed by atoms with Gasteiger partial charge in [-0.2, -0.15) is 5.10 Å². The predicted molar refractivity (Wildman–Crippen MR) is 120 cm³/mol. The minimum Gasteiger partial charge on any atom is -0.384 e. The summed E-state index contributed by atoms with van der Waals surface area (Å²) in [4.78, 5) is 16.6. The van der Waals surface area contributed by atoms with E-state index in [0.717, 1.165) is 18.4 Å². The Balaban J connectivity index is 1.45. The molecule has 0 aromatic carbocycles. The van der Waals surface area contributed by atoms with Crippen LogP contribution in [0, 0.1) is 29.6 Å². The molecule has 0 saturated heterocycles. The highest BCUT2D eigenvalue weighted by Gasteiger charge is 2.40. The lowest BCUT2D eigenvalue weighted by Gasteiger charge is -2.08. The van der Waals surface area contributed by atoms with Crippen molar-refractivity contribution in [1.29, 1.82) is 0 Å². The Morgan fingerprint density at radius 3 is 3.00 bits per heavy atom. The molecule has 0 spiro atoms. The summed E-state index contributed by atoms with van der Waals surface area (Å²) in [7, 11) is 1.69. The van der Waals surface area contributed by atoms with E-state index in [-0.39, 0.29) is 29.0 Å². The smallest absolute Gasteiger partial charge is 0.228 e. The molecule has 5 rings (SSSR count). The Labute approximate surface area is 190 Å². The Kier molecular flexibility index (Phi) is 4.38. The van der Waals surface area contributed by atoms with Gasteiger partial charge in [0.05, 0.1) is 30.0 Å². The second-order valence-electron chi connectivity index (χ2n) is 8.42. The molecule has 9 nitrogen and oxygen atoms in total. The normalized spacial score (nSPS) is 25.1. The summed E-state index contributed by atoms with van der Waals surface area (Å²) in [6, 6.07) is 1.97. The van der Waals surface area contributed by atoms with Gasteiger partial charge in [-0.1, -0.05) is 18.8 Å². The van der Waals surface area contributed by atoms with Crippen molar-refractivity contribution >= 4 is 28.4 Å². The van der Waals surface area contributed by atoms with E-state index in [9.17, 15) is 4.79 Å². The fraction of sp³-hybridized carbons (Fsp3) is 0.435. The van der Waals surface area contributed by atoms with E-state index in [1.54, 1.807) is 19.4 Å². The molecule has 2 saturated carbocycles. The number of nitrogens with zero attached hydrogens (tertiary/aromatic N) is 5. The summed E-state index contributed by atoms with van der Waals surface area (Å²) in [6.07, 6.45) is 6.97. The van der Waals surface area contributed by atoms with Crippen molar-refractivity contribution < 1.29 is 13.6 Å². The third-order valence-electron chi connectivity index (χ3n) is 6.00. The van der Waals surface area contributed by atoms with Crippen LogP contribution in [0.2, 0.25) is 0 Å². The highest BCUT2D eigenvalue weighted by Crippen LogP contribution is 2.42. The first-order chi connectivity index (χ1) is 16.7. The second-order valence-corrected chi connectivity index (χ2v) is 8.42. The molecule has 2 aliphatic carbocycles. The van der Waals surface area contributed by atoms with Crippen molar-refractivity contribution in [3.05, 3.63) is 35.8 Å². The van der Waals surface area contributed by atoms with E-state index < -0.39 is 6.98 Å². The monoisotopic (exact) mass is 434 g/mol. The van der Waals surface area contributed by atoms with Gasteiger partial charge in [-0.25, -0.2) is 4.98 Å². The highest BCUT2D eigenvalue weighted by atomic mass is 16.5. The van der Waals surface area contributed by atoms with Crippen LogP contribution < -0.4 is 10.6 Å². The summed E-state index contributed by atoms with van der Waals surface area (Å²) in [5.41, 5.74) is 1.52. The minimum absolute atomic E-state index is 0.0246. The van der Waals surface area contributed by atoms with Crippen molar-refractivity contribution in [2.75, 3.05) is 31.3 Å². The number of aromatic nitrogens is 5. The molecule has 2 fully saturated rings. The molecular weight excluding hydrogens is 406 g/mol. The molecule has 4 atom stereocenters. The zero-order valence-corrected chi connectivity index (χ0v) is 17.8. The van der Waals surface area contributed by atoms with E-state index in [1.807, 2.05) is 17.8 Å². The van der Waals surface area contributed by atoms with Gasteiger partial charge in [-0.15, -0.1) is 10.2 Å². The Morgan fingerprint density at radius 1 is 1.34 bits per heavy atom. The molecule has 164 valence electrons. The summed E-state index contributed by atoms with van der Waals surface area (Å²) in [5.74, 6) is 7.22. The van der Waals surface area contributed by atoms with Crippen LogP contribution in [0.5, 0.6) is 0 Å². The van der Waals surface area contributed by atoms with Crippen LogP contribution in [0.4, 0.5) is 11.6 Å². The number of ether oxygens (including phenoxy) is 1. The molecule has 2 N–H and O–H groups in total. The fourth-order valence-corrected chi connectivity index (χ4v) is 3.86. The van der Waals surface area contributed by atoms with E-state index in [1.165, 1.54) is 6.20 Å². The quantitative estimate of drug-likeness (QED) is 0.574. The number of anilines is 2. The summed E-state index contributed by atoms with van der Waals surface area (Å²) in [6.45, 7) is 0.271. The maximum absolute atomic E-state index is 12.4.